The Bertz CT molecular complexity index is 3830. The highest BCUT2D eigenvalue weighted by Gasteiger charge is 2.22. The molecule has 0 aliphatic heterocycles. The van der Waals surface area contributed by atoms with Crippen LogP contribution in [-0.2, 0) is 0 Å². The van der Waals surface area contributed by atoms with Crippen LogP contribution in [0.3, 0.4) is 0 Å². The second-order valence-corrected chi connectivity index (χ2v) is 17.0. The molecule has 13 rings (SSSR count). The third kappa shape index (κ3) is 5.66. The van der Waals surface area contributed by atoms with Gasteiger partial charge in [0.15, 0.2) is 17.5 Å². The van der Waals surface area contributed by atoms with Crippen molar-refractivity contribution in [1.82, 2.24) is 24.1 Å². The van der Waals surface area contributed by atoms with Gasteiger partial charge in [0.25, 0.3) is 0 Å². The molecule has 0 unspecified atom stereocenters. The van der Waals surface area contributed by atoms with Crippen molar-refractivity contribution in [1.29, 1.82) is 0 Å². The third-order valence-electron chi connectivity index (χ3n) is 12.4. The smallest absolute Gasteiger partial charge is 0.164 e. The summed E-state index contributed by atoms with van der Waals surface area (Å²) in [6, 6.07) is 75.5. The number of nitrogens with zero attached hydrogens (tertiary/aromatic N) is 5. The molecule has 0 amide bonds. The molecule has 63 heavy (non-hydrogen) atoms. The van der Waals surface area contributed by atoms with Gasteiger partial charge in [0.2, 0.25) is 0 Å². The molecule has 0 N–H and O–H groups in total. The van der Waals surface area contributed by atoms with Crippen molar-refractivity contribution in [3.63, 3.8) is 0 Å². The lowest BCUT2D eigenvalue weighted by molar-refractivity contribution is 1.07. The van der Waals surface area contributed by atoms with Gasteiger partial charge in [-0.25, -0.2) is 15.0 Å². The Kier molecular flexibility index (Phi) is 8.01. The first-order valence-electron chi connectivity index (χ1n) is 21.2. The van der Waals surface area contributed by atoms with E-state index in [1.165, 1.54) is 64.2 Å². The summed E-state index contributed by atoms with van der Waals surface area (Å²) in [6.07, 6.45) is 0. The number of rotatable bonds is 6. The van der Waals surface area contributed by atoms with E-state index in [1.807, 2.05) is 47.7 Å². The molecule has 0 atom stereocenters. The standard InChI is InChI=1S/C57H35N5S/c1-5-16-36(17-6-1)39-28-30-43-42-24-13-14-26-46(42)62(50(43)35-39)49-27-15-25-44-53-51(63-54(44)49)33-32-48-52(53)45-34-40(29-31-47(45)61(48)41-22-11-4-12-23-41)57-59-55(37-18-7-2-8-19-37)58-56(60-57)38-20-9-3-10-21-38/h1-35H. The van der Waals surface area contributed by atoms with Crippen LogP contribution in [-0.4, -0.2) is 24.1 Å². The zero-order chi connectivity index (χ0) is 41.4. The number of fused-ring (bicyclic) bond motifs is 10. The largest absolute Gasteiger partial charge is 0.309 e. The van der Waals surface area contributed by atoms with Crippen LogP contribution in [0.4, 0.5) is 0 Å². The molecule has 0 aliphatic rings. The number of hydrogen-bond acceptors (Lipinski definition) is 4. The number of hydrogen-bond donors (Lipinski definition) is 0. The van der Waals surface area contributed by atoms with Crippen molar-refractivity contribution < 1.29 is 0 Å². The van der Waals surface area contributed by atoms with Crippen molar-refractivity contribution in [3.8, 4) is 56.7 Å². The molecule has 0 saturated heterocycles. The number of para-hydroxylation sites is 2. The van der Waals surface area contributed by atoms with Crippen LogP contribution < -0.4 is 0 Å². The Morgan fingerprint density at radius 2 is 0.873 bits per heavy atom. The molecular formula is C57H35N5S. The van der Waals surface area contributed by atoms with E-state index in [2.05, 4.69) is 185 Å². The monoisotopic (exact) mass is 821 g/mol. The second-order valence-electron chi connectivity index (χ2n) is 16.0. The number of thiophene rings is 1. The first kappa shape index (κ1) is 35.6. The highest BCUT2D eigenvalue weighted by Crippen LogP contribution is 2.47. The molecule has 9 aromatic carbocycles. The maximum atomic E-state index is 5.14. The predicted molar refractivity (Wildman–Crippen MR) is 263 cm³/mol. The molecule has 13 aromatic rings. The normalized spacial score (nSPS) is 11.8. The van der Waals surface area contributed by atoms with Gasteiger partial charge >= 0.3 is 0 Å². The lowest BCUT2D eigenvalue weighted by atomic mass is 10.0. The average molecular weight is 822 g/mol. The van der Waals surface area contributed by atoms with Gasteiger partial charge in [-0.15, -0.1) is 11.3 Å². The maximum absolute atomic E-state index is 5.14. The SMILES string of the molecule is c1ccc(-c2ccc3c4ccccc4n(-c4cccc5c4sc4ccc6c(c7cc(-c8nc(-c9ccccc9)nc(-c9ccccc9)n8)ccc7n6-c6ccccc6)c45)c3c2)cc1. The van der Waals surface area contributed by atoms with E-state index in [0.29, 0.717) is 17.5 Å². The molecule has 0 fully saturated rings. The first-order valence-corrected chi connectivity index (χ1v) is 22.0. The summed E-state index contributed by atoms with van der Waals surface area (Å²) in [5.74, 6) is 1.92. The topological polar surface area (TPSA) is 48.5 Å². The van der Waals surface area contributed by atoms with Gasteiger partial charge in [0.05, 0.1) is 32.5 Å². The zero-order valence-electron chi connectivity index (χ0n) is 33.9. The minimum atomic E-state index is 0.635. The molecule has 4 heterocycles. The van der Waals surface area contributed by atoms with Crippen molar-refractivity contribution in [3.05, 3.63) is 212 Å². The van der Waals surface area contributed by atoms with Crippen LogP contribution in [0.5, 0.6) is 0 Å². The van der Waals surface area contributed by atoms with Crippen LogP contribution in [0, 0.1) is 0 Å². The van der Waals surface area contributed by atoms with Gasteiger partial charge < -0.3 is 9.13 Å². The molecular weight excluding hydrogens is 787 g/mol. The quantitative estimate of drug-likeness (QED) is 0.168. The van der Waals surface area contributed by atoms with Crippen molar-refractivity contribution in [2.75, 3.05) is 0 Å². The number of benzene rings is 9. The van der Waals surface area contributed by atoms with E-state index in [1.54, 1.807) is 0 Å². The molecule has 6 heteroatoms. The van der Waals surface area contributed by atoms with E-state index >= 15 is 0 Å². The molecule has 0 saturated carbocycles. The van der Waals surface area contributed by atoms with Crippen LogP contribution in [0.25, 0.3) is 120 Å². The van der Waals surface area contributed by atoms with Gasteiger partial charge in [0, 0.05) is 59.4 Å². The highest BCUT2D eigenvalue weighted by molar-refractivity contribution is 7.26. The fourth-order valence-electron chi connectivity index (χ4n) is 9.53. The molecule has 294 valence electrons. The summed E-state index contributed by atoms with van der Waals surface area (Å²) in [5, 5.41) is 7.34. The summed E-state index contributed by atoms with van der Waals surface area (Å²) in [4.78, 5) is 15.3. The van der Waals surface area contributed by atoms with Gasteiger partial charge in [0.1, 0.15) is 0 Å². The van der Waals surface area contributed by atoms with Gasteiger partial charge in [-0.1, -0.05) is 152 Å². The molecule has 0 aliphatic carbocycles. The minimum absolute atomic E-state index is 0.635. The van der Waals surface area contributed by atoms with E-state index < -0.39 is 0 Å². The Morgan fingerprint density at radius 1 is 0.317 bits per heavy atom. The Balaban J connectivity index is 1.09. The van der Waals surface area contributed by atoms with E-state index in [0.717, 1.165) is 38.8 Å². The Morgan fingerprint density at radius 3 is 1.59 bits per heavy atom. The Labute approximate surface area is 366 Å². The van der Waals surface area contributed by atoms with Gasteiger partial charge in [-0.05, 0) is 71.8 Å². The van der Waals surface area contributed by atoms with Crippen molar-refractivity contribution >= 4 is 75.1 Å². The van der Waals surface area contributed by atoms with Crippen molar-refractivity contribution in [2.24, 2.45) is 0 Å². The third-order valence-corrected chi connectivity index (χ3v) is 13.6. The summed E-state index contributed by atoms with van der Waals surface area (Å²) in [6.45, 7) is 0. The van der Waals surface area contributed by atoms with Crippen LogP contribution in [0.2, 0.25) is 0 Å². The van der Waals surface area contributed by atoms with Crippen LogP contribution in [0.1, 0.15) is 0 Å². The average Bonchev–Trinajstić information content (AvgIpc) is 4.02. The minimum Gasteiger partial charge on any atom is -0.309 e. The molecule has 0 spiro atoms. The predicted octanol–water partition coefficient (Wildman–Crippen LogP) is 15.1. The Hall–Kier alpha value is -8.19. The lowest BCUT2D eigenvalue weighted by Gasteiger charge is -2.10. The van der Waals surface area contributed by atoms with E-state index in [9.17, 15) is 0 Å². The molecule has 5 nitrogen and oxygen atoms in total. The van der Waals surface area contributed by atoms with Gasteiger partial charge in [-0.2, -0.15) is 0 Å². The molecule has 4 aromatic heterocycles. The highest BCUT2D eigenvalue weighted by atomic mass is 32.1. The fourth-order valence-corrected chi connectivity index (χ4v) is 10.7. The van der Waals surface area contributed by atoms with Crippen LogP contribution in [0.15, 0.2) is 212 Å². The fraction of sp³-hybridized carbons (Fsp3) is 0. The number of aromatic nitrogens is 5. The zero-order valence-corrected chi connectivity index (χ0v) is 34.7. The lowest BCUT2D eigenvalue weighted by Crippen LogP contribution is -2.00. The summed E-state index contributed by atoms with van der Waals surface area (Å²) in [5.41, 5.74) is 12.2. The van der Waals surface area contributed by atoms with Crippen LogP contribution >= 0.6 is 11.3 Å². The first-order chi connectivity index (χ1) is 31.2. The van der Waals surface area contributed by atoms with E-state index in [4.69, 9.17) is 15.0 Å². The summed E-state index contributed by atoms with van der Waals surface area (Å²) >= 11 is 1.87. The van der Waals surface area contributed by atoms with E-state index in [-0.39, 0.29) is 0 Å². The second kappa shape index (κ2) is 14.2. The van der Waals surface area contributed by atoms with Crippen molar-refractivity contribution in [2.45, 2.75) is 0 Å². The molecule has 0 radical (unpaired) electrons. The summed E-state index contributed by atoms with van der Waals surface area (Å²) < 4.78 is 7.37. The molecule has 0 bridgehead atoms. The summed E-state index contributed by atoms with van der Waals surface area (Å²) in [7, 11) is 0. The van der Waals surface area contributed by atoms with Gasteiger partial charge in [-0.3, -0.25) is 0 Å². The maximum Gasteiger partial charge on any atom is 0.164 e.